The van der Waals surface area contributed by atoms with Gasteiger partial charge in [-0.1, -0.05) is 11.6 Å². The molecule has 1 aliphatic carbocycles. The van der Waals surface area contributed by atoms with Crippen molar-refractivity contribution in [2.75, 3.05) is 10.6 Å². The van der Waals surface area contributed by atoms with Gasteiger partial charge in [0.1, 0.15) is 5.02 Å². The highest BCUT2D eigenvalue weighted by molar-refractivity contribution is 6.32. The van der Waals surface area contributed by atoms with Crippen LogP contribution >= 0.6 is 11.6 Å². The van der Waals surface area contributed by atoms with E-state index in [1.807, 2.05) is 13.2 Å². The second-order valence-corrected chi connectivity index (χ2v) is 6.72. The fraction of sp³-hybridized carbons (Fsp3) is 0.500. The van der Waals surface area contributed by atoms with Gasteiger partial charge in [-0.25, -0.2) is 4.98 Å². The summed E-state index contributed by atoms with van der Waals surface area (Å²) in [7, 11) is 1.85. The first kappa shape index (κ1) is 17.5. The van der Waals surface area contributed by atoms with Crippen molar-refractivity contribution in [3.8, 4) is 0 Å². The largest absolute Gasteiger partial charge is 0.366 e. The molecule has 0 aromatic carbocycles. The molecular formula is C16H22ClN7O. The third kappa shape index (κ3) is 4.82. The Morgan fingerprint density at radius 3 is 2.60 bits per heavy atom. The molecule has 0 saturated heterocycles. The van der Waals surface area contributed by atoms with Crippen LogP contribution in [0.1, 0.15) is 32.6 Å². The number of nitrogens with zero attached hydrogens (tertiary/aromatic N) is 4. The van der Waals surface area contributed by atoms with Crippen LogP contribution in [0.3, 0.4) is 0 Å². The average molecular weight is 364 g/mol. The van der Waals surface area contributed by atoms with E-state index < -0.39 is 0 Å². The highest BCUT2D eigenvalue weighted by Crippen LogP contribution is 2.26. The Kier molecular flexibility index (Phi) is 5.37. The Hall–Kier alpha value is -2.35. The molecule has 8 nitrogen and oxygen atoms in total. The van der Waals surface area contributed by atoms with Gasteiger partial charge in [0.25, 0.3) is 0 Å². The van der Waals surface area contributed by atoms with Gasteiger partial charge in [-0.2, -0.15) is 10.1 Å². The standard InChI is InChI=1S/C16H22ClN7O/c1-10(25)20-11-3-5-12(6-4-11)21-15-14(17)8-18-16(23-15)22-13-7-19-24(2)9-13/h7-9,11-12H,3-6H2,1-2H3,(H,20,25)(H2,18,21,22,23). The number of hydrogen-bond donors (Lipinski definition) is 3. The Balaban J connectivity index is 1.60. The Morgan fingerprint density at radius 2 is 1.96 bits per heavy atom. The normalized spacial score (nSPS) is 20.1. The van der Waals surface area contributed by atoms with Crippen LogP contribution in [-0.4, -0.2) is 37.7 Å². The number of carbonyl (C=O) groups is 1. The maximum absolute atomic E-state index is 11.1. The molecule has 2 heterocycles. The Labute approximate surface area is 151 Å². The van der Waals surface area contributed by atoms with Crippen LogP contribution in [0, 0.1) is 0 Å². The van der Waals surface area contributed by atoms with Gasteiger partial charge in [0.2, 0.25) is 11.9 Å². The number of halogens is 1. The molecule has 134 valence electrons. The lowest BCUT2D eigenvalue weighted by Gasteiger charge is -2.29. The molecule has 0 bridgehead atoms. The van der Waals surface area contributed by atoms with E-state index in [1.54, 1.807) is 24.0 Å². The molecule has 3 N–H and O–H groups in total. The first-order chi connectivity index (χ1) is 12.0. The van der Waals surface area contributed by atoms with Gasteiger partial charge < -0.3 is 16.0 Å². The number of aryl methyl sites for hydroxylation is 1. The summed E-state index contributed by atoms with van der Waals surface area (Å²) in [6, 6.07) is 0.544. The Morgan fingerprint density at radius 1 is 1.24 bits per heavy atom. The van der Waals surface area contributed by atoms with E-state index in [1.165, 1.54) is 0 Å². The van der Waals surface area contributed by atoms with Crippen LogP contribution in [0.5, 0.6) is 0 Å². The molecule has 0 aliphatic heterocycles. The maximum atomic E-state index is 11.1. The van der Waals surface area contributed by atoms with Crippen molar-refractivity contribution in [1.82, 2.24) is 25.1 Å². The van der Waals surface area contributed by atoms with Crippen molar-refractivity contribution in [2.45, 2.75) is 44.7 Å². The van der Waals surface area contributed by atoms with Crippen LogP contribution in [0.2, 0.25) is 5.02 Å². The summed E-state index contributed by atoms with van der Waals surface area (Å²) in [6.45, 7) is 1.56. The number of nitrogens with one attached hydrogen (secondary N) is 3. The average Bonchev–Trinajstić information content (AvgIpc) is 2.97. The molecule has 3 rings (SSSR count). The monoisotopic (exact) mass is 363 g/mol. The second kappa shape index (κ2) is 7.69. The summed E-state index contributed by atoms with van der Waals surface area (Å²) in [4.78, 5) is 19.8. The maximum Gasteiger partial charge on any atom is 0.229 e. The van der Waals surface area contributed by atoms with Crippen molar-refractivity contribution < 1.29 is 4.79 Å². The predicted octanol–water partition coefficient (Wildman–Crippen LogP) is 2.47. The summed E-state index contributed by atoms with van der Waals surface area (Å²) in [5.41, 5.74) is 0.812. The molecule has 0 unspecified atom stereocenters. The van der Waals surface area contributed by atoms with Gasteiger partial charge in [-0.3, -0.25) is 9.48 Å². The fourth-order valence-electron chi connectivity index (χ4n) is 3.01. The summed E-state index contributed by atoms with van der Waals surface area (Å²) in [5, 5.41) is 14.1. The SMILES string of the molecule is CC(=O)NC1CCC(Nc2nc(Nc3cnn(C)c3)ncc2Cl)CC1. The molecule has 1 fully saturated rings. The highest BCUT2D eigenvalue weighted by atomic mass is 35.5. The van der Waals surface area contributed by atoms with Crippen molar-refractivity contribution in [3.63, 3.8) is 0 Å². The number of rotatable bonds is 5. The van der Waals surface area contributed by atoms with Crippen molar-refractivity contribution >= 4 is 35.0 Å². The lowest BCUT2D eigenvalue weighted by Crippen LogP contribution is -2.39. The van der Waals surface area contributed by atoms with Crippen LogP contribution in [-0.2, 0) is 11.8 Å². The molecule has 9 heteroatoms. The van der Waals surface area contributed by atoms with E-state index in [4.69, 9.17) is 11.6 Å². The van der Waals surface area contributed by atoms with E-state index in [0.29, 0.717) is 16.8 Å². The topological polar surface area (TPSA) is 96.8 Å². The van der Waals surface area contributed by atoms with Gasteiger partial charge in [-0.05, 0) is 25.7 Å². The number of carbonyl (C=O) groups excluding carboxylic acids is 1. The molecular weight excluding hydrogens is 342 g/mol. The zero-order valence-electron chi connectivity index (χ0n) is 14.3. The molecule has 25 heavy (non-hydrogen) atoms. The number of anilines is 3. The minimum absolute atomic E-state index is 0.0290. The van der Waals surface area contributed by atoms with Gasteiger partial charge >= 0.3 is 0 Å². The molecule has 2 aromatic heterocycles. The van der Waals surface area contributed by atoms with Gasteiger partial charge in [-0.15, -0.1) is 0 Å². The molecule has 0 atom stereocenters. The zero-order valence-corrected chi connectivity index (χ0v) is 15.0. The molecule has 0 radical (unpaired) electrons. The first-order valence-electron chi connectivity index (χ1n) is 8.31. The summed E-state index contributed by atoms with van der Waals surface area (Å²) in [6.07, 6.45) is 8.93. The molecule has 1 amide bonds. The van der Waals surface area contributed by atoms with Crippen LogP contribution in [0.4, 0.5) is 17.5 Å². The van der Waals surface area contributed by atoms with E-state index in [2.05, 4.69) is 31.0 Å². The summed E-state index contributed by atoms with van der Waals surface area (Å²) < 4.78 is 1.70. The lowest BCUT2D eigenvalue weighted by molar-refractivity contribution is -0.119. The fourth-order valence-corrected chi connectivity index (χ4v) is 3.15. The van der Waals surface area contributed by atoms with E-state index in [-0.39, 0.29) is 18.0 Å². The number of hydrogen-bond acceptors (Lipinski definition) is 6. The zero-order chi connectivity index (χ0) is 17.8. The minimum atomic E-state index is 0.0290. The molecule has 1 saturated carbocycles. The van der Waals surface area contributed by atoms with Gasteiger partial charge in [0.05, 0.1) is 18.1 Å². The van der Waals surface area contributed by atoms with E-state index >= 15 is 0 Å². The lowest BCUT2D eigenvalue weighted by atomic mass is 9.91. The van der Waals surface area contributed by atoms with Crippen molar-refractivity contribution in [3.05, 3.63) is 23.6 Å². The first-order valence-corrected chi connectivity index (χ1v) is 8.69. The van der Waals surface area contributed by atoms with Gasteiger partial charge in [0.15, 0.2) is 5.82 Å². The quantitative estimate of drug-likeness (QED) is 0.755. The van der Waals surface area contributed by atoms with Crippen LogP contribution < -0.4 is 16.0 Å². The molecule has 1 aliphatic rings. The van der Waals surface area contributed by atoms with Crippen molar-refractivity contribution in [1.29, 1.82) is 0 Å². The molecule has 2 aromatic rings. The third-order valence-electron chi connectivity index (χ3n) is 4.18. The summed E-state index contributed by atoms with van der Waals surface area (Å²) in [5.74, 6) is 1.11. The minimum Gasteiger partial charge on any atom is -0.366 e. The number of amides is 1. The van der Waals surface area contributed by atoms with E-state index in [9.17, 15) is 4.79 Å². The molecule has 0 spiro atoms. The van der Waals surface area contributed by atoms with Gasteiger partial charge in [0, 0.05) is 32.3 Å². The Bertz CT molecular complexity index is 740. The summed E-state index contributed by atoms with van der Waals surface area (Å²) >= 11 is 6.23. The smallest absolute Gasteiger partial charge is 0.229 e. The van der Waals surface area contributed by atoms with E-state index in [0.717, 1.165) is 31.4 Å². The third-order valence-corrected chi connectivity index (χ3v) is 4.46. The highest BCUT2D eigenvalue weighted by Gasteiger charge is 2.22. The number of aromatic nitrogens is 4. The predicted molar refractivity (Wildman–Crippen MR) is 97.0 cm³/mol. The van der Waals surface area contributed by atoms with Crippen LogP contribution in [0.25, 0.3) is 0 Å². The van der Waals surface area contributed by atoms with Crippen molar-refractivity contribution in [2.24, 2.45) is 7.05 Å². The second-order valence-electron chi connectivity index (χ2n) is 6.31. The van der Waals surface area contributed by atoms with Crippen LogP contribution in [0.15, 0.2) is 18.6 Å².